The van der Waals surface area contributed by atoms with E-state index in [1.807, 2.05) is 17.5 Å². The summed E-state index contributed by atoms with van der Waals surface area (Å²) in [6, 6.07) is 3.77. The van der Waals surface area contributed by atoms with Crippen molar-refractivity contribution in [2.45, 2.75) is 4.90 Å². The summed E-state index contributed by atoms with van der Waals surface area (Å²) in [7, 11) is 1.60. The Kier molecular flexibility index (Phi) is 2.48. The lowest BCUT2D eigenvalue weighted by Crippen LogP contribution is -1.87. The molecule has 1 aromatic carbocycles. The molecule has 0 unspecified atom stereocenters. The van der Waals surface area contributed by atoms with Gasteiger partial charge in [-0.15, -0.1) is 24.0 Å². The highest BCUT2D eigenvalue weighted by Gasteiger charge is 2.11. The van der Waals surface area contributed by atoms with Gasteiger partial charge >= 0.3 is 0 Å². The van der Waals surface area contributed by atoms with Crippen molar-refractivity contribution in [3.05, 3.63) is 23.1 Å². The van der Waals surface area contributed by atoms with E-state index in [2.05, 4.69) is 12.6 Å². The molecule has 0 saturated carbocycles. The van der Waals surface area contributed by atoms with Crippen molar-refractivity contribution >= 4 is 40.3 Å². The summed E-state index contributed by atoms with van der Waals surface area (Å²) in [5.74, 6) is 0.739. The lowest BCUT2D eigenvalue weighted by Gasteiger charge is -2.02. The van der Waals surface area contributed by atoms with Crippen molar-refractivity contribution in [3.63, 3.8) is 0 Å². The maximum absolute atomic E-state index is 10.9. The number of fused-ring (bicyclic) bond motifs is 1. The minimum absolute atomic E-state index is 0.601. The molecule has 4 heteroatoms. The molecule has 14 heavy (non-hydrogen) atoms. The van der Waals surface area contributed by atoms with Crippen molar-refractivity contribution in [2.24, 2.45) is 0 Å². The van der Waals surface area contributed by atoms with Crippen LogP contribution in [0.5, 0.6) is 5.75 Å². The fourth-order valence-corrected chi connectivity index (χ4v) is 2.55. The van der Waals surface area contributed by atoms with E-state index in [-0.39, 0.29) is 0 Å². The molecule has 0 bridgehead atoms. The molecule has 0 N–H and O–H groups in total. The monoisotopic (exact) mass is 224 g/mol. The predicted molar refractivity (Wildman–Crippen MR) is 61.0 cm³/mol. The first-order valence-corrected chi connectivity index (χ1v) is 5.33. The van der Waals surface area contributed by atoms with Gasteiger partial charge in [0.25, 0.3) is 0 Å². The molecule has 0 spiro atoms. The van der Waals surface area contributed by atoms with Gasteiger partial charge in [-0.25, -0.2) is 0 Å². The summed E-state index contributed by atoms with van der Waals surface area (Å²) in [5.41, 5.74) is 0.601. The highest BCUT2D eigenvalue weighted by molar-refractivity contribution is 7.80. The second-order valence-electron chi connectivity index (χ2n) is 2.79. The van der Waals surface area contributed by atoms with E-state index in [9.17, 15) is 4.79 Å². The van der Waals surface area contributed by atoms with Crippen LogP contribution in [0, 0.1) is 0 Å². The first-order chi connectivity index (χ1) is 6.77. The molecule has 0 amide bonds. The average Bonchev–Trinajstić information content (AvgIpc) is 2.61. The van der Waals surface area contributed by atoms with E-state index in [0.29, 0.717) is 10.5 Å². The molecule has 0 aliphatic carbocycles. The Hall–Kier alpha value is -1.00. The molecule has 0 atom stereocenters. The van der Waals surface area contributed by atoms with Crippen LogP contribution in [0.2, 0.25) is 0 Å². The Morgan fingerprint density at radius 2 is 2.29 bits per heavy atom. The normalized spacial score (nSPS) is 10.4. The van der Waals surface area contributed by atoms with Gasteiger partial charge in [-0.3, -0.25) is 4.79 Å². The predicted octanol–water partition coefficient (Wildman–Crippen LogP) is 3.01. The molecule has 2 rings (SSSR count). The summed E-state index contributed by atoms with van der Waals surface area (Å²) in [5, 5.41) is 2.75. The molecule has 72 valence electrons. The number of carbonyl (C=O) groups excluding carboxylic acids is 1. The SMILES string of the molecule is COc1csc2ccc(S)c(C=O)c12. The van der Waals surface area contributed by atoms with E-state index in [1.54, 1.807) is 18.4 Å². The molecule has 1 aromatic heterocycles. The number of aldehydes is 1. The molecule has 0 fully saturated rings. The molecule has 2 nitrogen and oxygen atoms in total. The lowest BCUT2D eigenvalue weighted by atomic mass is 10.1. The van der Waals surface area contributed by atoms with Crippen LogP contribution in [0.4, 0.5) is 0 Å². The second-order valence-corrected chi connectivity index (χ2v) is 4.19. The summed E-state index contributed by atoms with van der Waals surface area (Å²) >= 11 is 5.79. The maximum Gasteiger partial charge on any atom is 0.151 e. The van der Waals surface area contributed by atoms with Crippen molar-refractivity contribution in [3.8, 4) is 5.75 Å². The van der Waals surface area contributed by atoms with Crippen LogP contribution in [0.15, 0.2) is 22.4 Å². The number of thiol groups is 1. The van der Waals surface area contributed by atoms with Crippen molar-refractivity contribution in [1.29, 1.82) is 0 Å². The van der Waals surface area contributed by atoms with Crippen molar-refractivity contribution < 1.29 is 9.53 Å². The molecule has 0 radical (unpaired) electrons. The Bertz CT molecular complexity index is 488. The molecule has 0 aliphatic heterocycles. The highest BCUT2D eigenvalue weighted by Crippen LogP contribution is 2.36. The minimum atomic E-state index is 0.601. The number of rotatable bonds is 2. The van der Waals surface area contributed by atoms with Crippen LogP contribution in [-0.4, -0.2) is 13.4 Å². The van der Waals surface area contributed by atoms with Crippen LogP contribution in [-0.2, 0) is 0 Å². The number of ether oxygens (including phenoxy) is 1. The average molecular weight is 224 g/mol. The van der Waals surface area contributed by atoms with E-state index in [4.69, 9.17) is 4.74 Å². The highest BCUT2D eigenvalue weighted by atomic mass is 32.1. The molecule has 0 saturated heterocycles. The second kappa shape index (κ2) is 3.63. The van der Waals surface area contributed by atoms with Gasteiger partial charge in [-0.2, -0.15) is 0 Å². The number of carbonyl (C=O) groups is 1. The van der Waals surface area contributed by atoms with Gasteiger partial charge in [0.1, 0.15) is 5.75 Å². The van der Waals surface area contributed by atoms with Gasteiger partial charge in [0.15, 0.2) is 6.29 Å². The van der Waals surface area contributed by atoms with Crippen LogP contribution in [0.1, 0.15) is 10.4 Å². The summed E-state index contributed by atoms with van der Waals surface area (Å²) < 4.78 is 6.23. The van der Waals surface area contributed by atoms with Gasteiger partial charge in [-0.1, -0.05) is 0 Å². The number of hydrogen-bond acceptors (Lipinski definition) is 4. The quantitative estimate of drug-likeness (QED) is 0.627. The summed E-state index contributed by atoms with van der Waals surface area (Å²) in [4.78, 5) is 11.6. The Labute approximate surface area is 90.9 Å². The number of benzene rings is 1. The van der Waals surface area contributed by atoms with Gasteiger partial charge in [-0.05, 0) is 12.1 Å². The molecule has 0 aliphatic rings. The number of methoxy groups -OCH3 is 1. The van der Waals surface area contributed by atoms with E-state index in [1.165, 1.54) is 0 Å². The molecular weight excluding hydrogens is 216 g/mol. The standard InChI is InChI=1S/C10H8O2S2/c1-12-7-5-14-9-3-2-8(13)6(4-11)10(7)9/h2-5,13H,1H3. The lowest BCUT2D eigenvalue weighted by molar-refractivity contribution is 0.112. The van der Waals surface area contributed by atoms with Crippen molar-refractivity contribution in [2.75, 3.05) is 7.11 Å². The van der Waals surface area contributed by atoms with Crippen LogP contribution < -0.4 is 4.74 Å². The van der Waals surface area contributed by atoms with Gasteiger partial charge in [0, 0.05) is 25.9 Å². The van der Waals surface area contributed by atoms with Crippen LogP contribution >= 0.6 is 24.0 Å². The number of thiophene rings is 1. The van der Waals surface area contributed by atoms with Gasteiger partial charge < -0.3 is 4.74 Å². The van der Waals surface area contributed by atoms with E-state index >= 15 is 0 Å². The zero-order valence-corrected chi connectivity index (χ0v) is 9.19. The van der Waals surface area contributed by atoms with E-state index in [0.717, 1.165) is 22.1 Å². The first-order valence-electron chi connectivity index (χ1n) is 4.00. The molecule has 1 heterocycles. The first kappa shape index (κ1) is 9.55. The fourth-order valence-electron chi connectivity index (χ4n) is 1.39. The smallest absolute Gasteiger partial charge is 0.151 e. The maximum atomic E-state index is 10.9. The molecular formula is C10H8O2S2. The third-order valence-electron chi connectivity index (χ3n) is 2.06. The largest absolute Gasteiger partial charge is 0.495 e. The fraction of sp³-hybridized carbons (Fsp3) is 0.100. The van der Waals surface area contributed by atoms with Crippen molar-refractivity contribution in [1.82, 2.24) is 0 Å². The topological polar surface area (TPSA) is 26.3 Å². The molecule has 2 aromatic rings. The third kappa shape index (κ3) is 1.31. The Balaban J connectivity index is 2.88. The Morgan fingerprint density at radius 3 is 2.93 bits per heavy atom. The third-order valence-corrected chi connectivity index (χ3v) is 3.38. The van der Waals surface area contributed by atoms with Gasteiger partial charge in [0.05, 0.1) is 7.11 Å². The zero-order valence-electron chi connectivity index (χ0n) is 7.48. The Morgan fingerprint density at radius 1 is 1.50 bits per heavy atom. The van der Waals surface area contributed by atoms with Crippen LogP contribution in [0.25, 0.3) is 10.1 Å². The number of hydrogen-bond donors (Lipinski definition) is 1. The minimum Gasteiger partial charge on any atom is -0.495 e. The van der Waals surface area contributed by atoms with E-state index < -0.39 is 0 Å². The zero-order chi connectivity index (χ0) is 10.1. The summed E-state index contributed by atoms with van der Waals surface area (Å²) in [6.07, 6.45) is 0.819. The summed E-state index contributed by atoms with van der Waals surface area (Å²) in [6.45, 7) is 0. The van der Waals surface area contributed by atoms with Gasteiger partial charge in [0.2, 0.25) is 0 Å². The van der Waals surface area contributed by atoms with Crippen LogP contribution in [0.3, 0.4) is 0 Å².